The minimum Gasteiger partial charge on any atom is -0.481 e. The van der Waals surface area contributed by atoms with Gasteiger partial charge in [-0.2, -0.15) is 0 Å². The monoisotopic (exact) mass is 304 g/mol. The van der Waals surface area contributed by atoms with Crippen LogP contribution in [0.15, 0.2) is 0 Å². The van der Waals surface area contributed by atoms with Crippen LogP contribution in [0.5, 0.6) is 0 Å². The van der Waals surface area contributed by atoms with Crippen molar-refractivity contribution in [1.29, 1.82) is 0 Å². The lowest BCUT2D eigenvalue weighted by molar-refractivity contribution is -0.140. The van der Waals surface area contributed by atoms with Crippen LogP contribution < -0.4 is 22.1 Å². The van der Waals surface area contributed by atoms with E-state index < -0.39 is 61.1 Å². The summed E-state index contributed by atoms with van der Waals surface area (Å²) in [6.07, 6.45) is -1.32. The molecule has 2 atom stereocenters. The van der Waals surface area contributed by atoms with Gasteiger partial charge in [-0.3, -0.25) is 24.0 Å². The zero-order valence-corrected chi connectivity index (χ0v) is 10.9. The average molecular weight is 304 g/mol. The highest BCUT2D eigenvalue weighted by Gasteiger charge is 2.22. The van der Waals surface area contributed by atoms with E-state index in [4.69, 9.17) is 21.7 Å². The second-order valence-corrected chi connectivity index (χ2v) is 4.04. The molecule has 11 nitrogen and oxygen atoms in total. The Morgan fingerprint density at radius 2 is 1.52 bits per heavy atom. The largest absolute Gasteiger partial charge is 0.481 e. The molecular formula is C10H16N4O7. The fourth-order valence-electron chi connectivity index (χ4n) is 1.22. The van der Waals surface area contributed by atoms with E-state index in [-0.39, 0.29) is 0 Å². The SMILES string of the molecule is NC(=O)C(CC(=O)O)NC(=O)CNC(=O)C(N)CC(=O)O. The van der Waals surface area contributed by atoms with Crippen LogP contribution in [0.3, 0.4) is 0 Å². The Morgan fingerprint density at radius 3 is 1.95 bits per heavy atom. The van der Waals surface area contributed by atoms with Gasteiger partial charge in [0.05, 0.1) is 25.4 Å². The Kier molecular flexibility index (Phi) is 7.39. The number of hydrogen-bond donors (Lipinski definition) is 6. The van der Waals surface area contributed by atoms with Gasteiger partial charge in [-0.25, -0.2) is 0 Å². The molecule has 0 saturated carbocycles. The highest BCUT2D eigenvalue weighted by molar-refractivity contribution is 5.92. The molecule has 0 aromatic carbocycles. The lowest BCUT2D eigenvalue weighted by Gasteiger charge is -2.14. The van der Waals surface area contributed by atoms with Gasteiger partial charge in [0, 0.05) is 0 Å². The first-order chi connectivity index (χ1) is 9.63. The summed E-state index contributed by atoms with van der Waals surface area (Å²) in [4.78, 5) is 54.4. The van der Waals surface area contributed by atoms with Crippen LogP contribution in [0.25, 0.3) is 0 Å². The minimum atomic E-state index is -1.42. The third kappa shape index (κ3) is 8.15. The maximum atomic E-state index is 11.4. The molecule has 0 heterocycles. The second-order valence-electron chi connectivity index (χ2n) is 4.04. The number of carboxylic acids is 2. The van der Waals surface area contributed by atoms with Crippen LogP contribution in [-0.4, -0.2) is 58.5 Å². The van der Waals surface area contributed by atoms with Crippen molar-refractivity contribution in [3.63, 3.8) is 0 Å². The summed E-state index contributed by atoms with van der Waals surface area (Å²) in [5.74, 6) is -5.40. The zero-order chi connectivity index (χ0) is 16.6. The van der Waals surface area contributed by atoms with Gasteiger partial charge in [0.15, 0.2) is 0 Å². The number of rotatable bonds is 9. The maximum Gasteiger partial charge on any atom is 0.305 e. The average Bonchev–Trinajstić information content (AvgIpc) is 2.33. The fraction of sp³-hybridized carbons (Fsp3) is 0.500. The normalized spacial score (nSPS) is 12.8. The second kappa shape index (κ2) is 8.47. The van der Waals surface area contributed by atoms with Gasteiger partial charge in [-0.05, 0) is 0 Å². The molecule has 0 spiro atoms. The number of primary amides is 1. The molecule has 0 bridgehead atoms. The lowest BCUT2D eigenvalue weighted by Crippen LogP contribution is -2.50. The van der Waals surface area contributed by atoms with E-state index in [0.717, 1.165) is 0 Å². The number of nitrogens with one attached hydrogen (secondary N) is 2. The minimum absolute atomic E-state index is 0.602. The number of carboxylic acid groups (broad SMARTS) is 2. The van der Waals surface area contributed by atoms with Crippen molar-refractivity contribution in [2.45, 2.75) is 24.9 Å². The van der Waals surface area contributed by atoms with Crippen molar-refractivity contribution in [2.24, 2.45) is 11.5 Å². The highest BCUT2D eigenvalue weighted by Crippen LogP contribution is 1.92. The summed E-state index contributed by atoms with van der Waals surface area (Å²) < 4.78 is 0. The molecule has 0 radical (unpaired) electrons. The van der Waals surface area contributed by atoms with Crippen LogP contribution in [0.1, 0.15) is 12.8 Å². The number of aliphatic carboxylic acids is 2. The zero-order valence-electron chi connectivity index (χ0n) is 10.9. The first-order valence-electron chi connectivity index (χ1n) is 5.69. The van der Waals surface area contributed by atoms with Gasteiger partial charge in [0.2, 0.25) is 17.7 Å². The predicted molar refractivity (Wildman–Crippen MR) is 66.6 cm³/mol. The van der Waals surface area contributed by atoms with Gasteiger partial charge >= 0.3 is 11.9 Å². The lowest BCUT2D eigenvalue weighted by atomic mass is 10.2. The Bertz CT molecular complexity index is 451. The maximum absolute atomic E-state index is 11.4. The van der Waals surface area contributed by atoms with Gasteiger partial charge in [0.25, 0.3) is 0 Å². The van der Waals surface area contributed by atoms with E-state index in [1.165, 1.54) is 0 Å². The molecule has 0 aromatic rings. The molecule has 0 aliphatic carbocycles. The molecule has 0 saturated heterocycles. The van der Waals surface area contributed by atoms with Crippen molar-refractivity contribution in [3.8, 4) is 0 Å². The molecule has 11 heteroatoms. The fourth-order valence-corrected chi connectivity index (χ4v) is 1.22. The van der Waals surface area contributed by atoms with Crippen molar-refractivity contribution >= 4 is 29.7 Å². The quantitative estimate of drug-likeness (QED) is 0.250. The van der Waals surface area contributed by atoms with Gasteiger partial charge < -0.3 is 32.3 Å². The van der Waals surface area contributed by atoms with E-state index in [0.29, 0.717) is 0 Å². The van der Waals surface area contributed by atoms with Gasteiger partial charge in [0.1, 0.15) is 6.04 Å². The summed E-state index contributed by atoms with van der Waals surface area (Å²) in [5, 5.41) is 21.0. The standard InChI is InChI=1S/C10H16N4O7/c11-4(1-7(16)17)10(21)13-3-6(15)14-5(9(12)20)2-8(18)19/h4-5H,1-3,11H2,(H2,12,20)(H,13,21)(H,14,15)(H,16,17)(H,18,19). The van der Waals surface area contributed by atoms with Gasteiger partial charge in [-0.15, -0.1) is 0 Å². The topological polar surface area (TPSA) is 202 Å². The summed E-state index contributed by atoms with van der Waals surface area (Å²) in [6.45, 7) is -0.602. The number of hydrogen-bond acceptors (Lipinski definition) is 6. The molecule has 118 valence electrons. The molecule has 0 aliphatic heterocycles. The molecule has 8 N–H and O–H groups in total. The molecule has 0 aromatic heterocycles. The molecule has 0 fully saturated rings. The van der Waals surface area contributed by atoms with E-state index >= 15 is 0 Å². The smallest absolute Gasteiger partial charge is 0.305 e. The number of nitrogens with two attached hydrogens (primary N) is 2. The molecule has 21 heavy (non-hydrogen) atoms. The molecule has 2 unspecified atom stereocenters. The Hall–Kier alpha value is -2.69. The Balaban J connectivity index is 4.30. The number of carbonyl (C=O) groups is 5. The molecule has 0 aliphatic rings. The van der Waals surface area contributed by atoms with E-state index in [1.54, 1.807) is 0 Å². The van der Waals surface area contributed by atoms with Crippen molar-refractivity contribution in [1.82, 2.24) is 10.6 Å². The van der Waals surface area contributed by atoms with Crippen LogP contribution >= 0.6 is 0 Å². The number of carbonyl (C=O) groups excluding carboxylic acids is 3. The van der Waals surface area contributed by atoms with Crippen LogP contribution in [0, 0.1) is 0 Å². The third-order valence-electron chi connectivity index (χ3n) is 2.21. The molecule has 3 amide bonds. The van der Waals surface area contributed by atoms with Crippen molar-refractivity contribution < 1.29 is 34.2 Å². The first-order valence-corrected chi connectivity index (χ1v) is 5.69. The summed E-state index contributed by atoms with van der Waals surface area (Å²) >= 11 is 0. The first kappa shape index (κ1) is 18.3. The summed E-state index contributed by atoms with van der Waals surface area (Å²) in [7, 11) is 0. The van der Waals surface area contributed by atoms with E-state index in [9.17, 15) is 24.0 Å². The van der Waals surface area contributed by atoms with Crippen molar-refractivity contribution in [3.05, 3.63) is 0 Å². The number of amides is 3. The summed E-state index contributed by atoms with van der Waals surface area (Å²) in [5.41, 5.74) is 10.1. The van der Waals surface area contributed by atoms with Crippen LogP contribution in [0.4, 0.5) is 0 Å². The third-order valence-corrected chi connectivity index (χ3v) is 2.21. The van der Waals surface area contributed by atoms with Crippen LogP contribution in [-0.2, 0) is 24.0 Å². The summed E-state index contributed by atoms with van der Waals surface area (Å²) in [6, 6.07) is -2.75. The highest BCUT2D eigenvalue weighted by atomic mass is 16.4. The molecular weight excluding hydrogens is 288 g/mol. The Labute approximate surface area is 118 Å². The van der Waals surface area contributed by atoms with E-state index in [2.05, 4.69) is 0 Å². The Morgan fingerprint density at radius 1 is 1.00 bits per heavy atom. The van der Waals surface area contributed by atoms with Crippen molar-refractivity contribution in [2.75, 3.05) is 6.54 Å². The van der Waals surface area contributed by atoms with E-state index in [1.807, 2.05) is 10.6 Å². The van der Waals surface area contributed by atoms with Crippen LogP contribution in [0.2, 0.25) is 0 Å². The van der Waals surface area contributed by atoms with Gasteiger partial charge in [-0.1, -0.05) is 0 Å². The predicted octanol–water partition coefficient (Wildman–Crippen LogP) is -3.65. The molecule has 0 rings (SSSR count).